The Morgan fingerprint density at radius 1 is 1.25 bits per heavy atom. The molecule has 1 amide bonds. The van der Waals surface area contributed by atoms with E-state index in [1.165, 1.54) is 11.8 Å². The van der Waals surface area contributed by atoms with Crippen molar-refractivity contribution in [3.8, 4) is 5.75 Å². The summed E-state index contributed by atoms with van der Waals surface area (Å²) in [7, 11) is 0. The molecular formula is C15H14ClNO2S. The maximum Gasteiger partial charge on any atom is 0.234 e. The van der Waals surface area contributed by atoms with Crippen molar-refractivity contribution in [1.29, 1.82) is 0 Å². The van der Waals surface area contributed by atoms with Gasteiger partial charge in [-0.05, 0) is 48.9 Å². The third kappa shape index (κ3) is 4.18. The van der Waals surface area contributed by atoms with Crippen LogP contribution < -0.4 is 5.32 Å². The van der Waals surface area contributed by atoms with E-state index in [9.17, 15) is 9.90 Å². The largest absolute Gasteiger partial charge is 0.508 e. The summed E-state index contributed by atoms with van der Waals surface area (Å²) in [4.78, 5) is 12.8. The Morgan fingerprint density at radius 3 is 2.60 bits per heavy atom. The van der Waals surface area contributed by atoms with Crippen molar-refractivity contribution in [2.75, 3.05) is 11.1 Å². The smallest absolute Gasteiger partial charge is 0.234 e. The van der Waals surface area contributed by atoms with Crippen LogP contribution in [-0.4, -0.2) is 16.8 Å². The second-order valence-electron chi connectivity index (χ2n) is 4.29. The van der Waals surface area contributed by atoms with Gasteiger partial charge < -0.3 is 10.4 Å². The van der Waals surface area contributed by atoms with E-state index < -0.39 is 0 Å². The standard InChI is InChI=1S/C15H14ClNO2S/c1-10-2-3-11(8-14(10)16)17-15(19)9-20-13-6-4-12(18)5-7-13/h2-8,18H,9H2,1H3,(H,17,19). The average Bonchev–Trinajstić information content (AvgIpc) is 2.42. The summed E-state index contributed by atoms with van der Waals surface area (Å²) in [6.45, 7) is 1.91. The average molecular weight is 308 g/mol. The van der Waals surface area contributed by atoms with E-state index in [-0.39, 0.29) is 11.7 Å². The van der Waals surface area contributed by atoms with E-state index in [1.807, 2.05) is 19.1 Å². The Bertz CT molecular complexity index is 614. The van der Waals surface area contributed by atoms with Gasteiger partial charge in [0.2, 0.25) is 5.91 Å². The molecule has 2 N–H and O–H groups in total. The molecule has 0 spiro atoms. The molecule has 5 heteroatoms. The molecule has 0 aliphatic carbocycles. The highest BCUT2D eigenvalue weighted by Crippen LogP contribution is 2.22. The molecule has 0 heterocycles. The molecule has 0 saturated carbocycles. The number of carbonyl (C=O) groups excluding carboxylic acids is 1. The van der Waals surface area contributed by atoms with Gasteiger partial charge in [-0.3, -0.25) is 4.79 Å². The summed E-state index contributed by atoms with van der Waals surface area (Å²) in [5.74, 6) is 0.423. The highest BCUT2D eigenvalue weighted by atomic mass is 35.5. The van der Waals surface area contributed by atoms with Gasteiger partial charge in [0.05, 0.1) is 5.75 Å². The predicted molar refractivity (Wildman–Crippen MR) is 83.6 cm³/mol. The van der Waals surface area contributed by atoms with E-state index in [2.05, 4.69) is 5.32 Å². The molecule has 0 radical (unpaired) electrons. The number of anilines is 1. The number of hydrogen-bond donors (Lipinski definition) is 2. The fourth-order valence-electron chi connectivity index (χ4n) is 1.56. The number of benzene rings is 2. The minimum atomic E-state index is -0.0944. The maximum atomic E-state index is 11.8. The number of amides is 1. The number of hydrogen-bond acceptors (Lipinski definition) is 3. The quantitative estimate of drug-likeness (QED) is 0.837. The van der Waals surface area contributed by atoms with Crippen LogP contribution in [-0.2, 0) is 4.79 Å². The highest BCUT2D eigenvalue weighted by molar-refractivity contribution is 8.00. The first-order chi connectivity index (χ1) is 9.54. The first-order valence-corrected chi connectivity index (χ1v) is 7.39. The number of thioether (sulfide) groups is 1. The molecule has 104 valence electrons. The third-order valence-corrected chi connectivity index (χ3v) is 4.08. The van der Waals surface area contributed by atoms with E-state index in [0.29, 0.717) is 16.5 Å². The monoisotopic (exact) mass is 307 g/mol. The minimum Gasteiger partial charge on any atom is -0.508 e. The van der Waals surface area contributed by atoms with Gasteiger partial charge in [0, 0.05) is 15.6 Å². The number of halogens is 1. The molecule has 0 aliphatic heterocycles. The normalized spacial score (nSPS) is 10.3. The Balaban J connectivity index is 1.89. The van der Waals surface area contributed by atoms with Gasteiger partial charge in [0.15, 0.2) is 0 Å². The number of carbonyl (C=O) groups is 1. The summed E-state index contributed by atoms with van der Waals surface area (Å²) in [5.41, 5.74) is 1.67. The van der Waals surface area contributed by atoms with Crippen LogP contribution in [0.5, 0.6) is 5.75 Å². The Morgan fingerprint density at radius 2 is 1.95 bits per heavy atom. The second kappa shape index (κ2) is 6.68. The molecule has 0 fully saturated rings. The summed E-state index contributed by atoms with van der Waals surface area (Å²) < 4.78 is 0. The number of phenols is 1. The van der Waals surface area contributed by atoms with E-state index >= 15 is 0 Å². The van der Waals surface area contributed by atoms with Gasteiger partial charge in [0.25, 0.3) is 0 Å². The topological polar surface area (TPSA) is 49.3 Å². The van der Waals surface area contributed by atoms with Crippen LogP contribution in [0.1, 0.15) is 5.56 Å². The van der Waals surface area contributed by atoms with Crippen molar-refractivity contribution in [2.45, 2.75) is 11.8 Å². The number of aryl methyl sites for hydroxylation is 1. The maximum absolute atomic E-state index is 11.8. The summed E-state index contributed by atoms with van der Waals surface area (Å²) in [6, 6.07) is 12.2. The molecule has 0 aromatic heterocycles. The summed E-state index contributed by atoms with van der Waals surface area (Å²) in [6.07, 6.45) is 0. The molecule has 20 heavy (non-hydrogen) atoms. The molecule has 0 saturated heterocycles. The lowest BCUT2D eigenvalue weighted by atomic mass is 10.2. The fraction of sp³-hybridized carbons (Fsp3) is 0.133. The van der Waals surface area contributed by atoms with Gasteiger partial charge in [-0.25, -0.2) is 0 Å². The Hall–Kier alpha value is -1.65. The molecule has 0 atom stereocenters. The van der Waals surface area contributed by atoms with Crippen LogP contribution in [0, 0.1) is 6.92 Å². The van der Waals surface area contributed by atoms with Crippen LogP contribution in [0.2, 0.25) is 5.02 Å². The Labute approximate surface area is 127 Å². The van der Waals surface area contributed by atoms with Gasteiger partial charge >= 0.3 is 0 Å². The minimum absolute atomic E-state index is 0.0944. The lowest BCUT2D eigenvalue weighted by Crippen LogP contribution is -2.13. The summed E-state index contributed by atoms with van der Waals surface area (Å²) in [5, 5.41) is 12.6. The fourth-order valence-corrected chi connectivity index (χ4v) is 2.44. The van der Waals surface area contributed by atoms with Crippen molar-refractivity contribution in [1.82, 2.24) is 0 Å². The zero-order chi connectivity index (χ0) is 14.5. The third-order valence-electron chi connectivity index (χ3n) is 2.66. The van der Waals surface area contributed by atoms with Gasteiger partial charge in [-0.2, -0.15) is 0 Å². The highest BCUT2D eigenvalue weighted by Gasteiger charge is 2.05. The van der Waals surface area contributed by atoms with Crippen molar-refractivity contribution < 1.29 is 9.90 Å². The lowest BCUT2D eigenvalue weighted by Gasteiger charge is -2.07. The van der Waals surface area contributed by atoms with Crippen molar-refractivity contribution >= 4 is 35.0 Å². The van der Waals surface area contributed by atoms with Crippen LogP contribution in [0.25, 0.3) is 0 Å². The van der Waals surface area contributed by atoms with Crippen molar-refractivity contribution in [2.24, 2.45) is 0 Å². The molecular weight excluding hydrogens is 294 g/mol. The number of nitrogens with one attached hydrogen (secondary N) is 1. The second-order valence-corrected chi connectivity index (χ2v) is 5.75. The molecule has 2 aromatic carbocycles. The summed E-state index contributed by atoms with van der Waals surface area (Å²) >= 11 is 7.41. The zero-order valence-corrected chi connectivity index (χ0v) is 12.5. The molecule has 0 bridgehead atoms. The molecule has 3 nitrogen and oxygen atoms in total. The van der Waals surface area contributed by atoms with Gasteiger partial charge in [-0.15, -0.1) is 11.8 Å². The first-order valence-electron chi connectivity index (χ1n) is 6.02. The molecule has 0 aliphatic rings. The van der Waals surface area contributed by atoms with E-state index in [4.69, 9.17) is 11.6 Å². The molecule has 2 rings (SSSR count). The number of aromatic hydroxyl groups is 1. The SMILES string of the molecule is Cc1ccc(NC(=O)CSc2ccc(O)cc2)cc1Cl. The molecule has 0 unspecified atom stereocenters. The van der Waals surface area contributed by atoms with Crippen molar-refractivity contribution in [3.05, 3.63) is 53.1 Å². The zero-order valence-electron chi connectivity index (χ0n) is 10.9. The van der Waals surface area contributed by atoms with Crippen LogP contribution >= 0.6 is 23.4 Å². The number of rotatable bonds is 4. The van der Waals surface area contributed by atoms with Gasteiger partial charge in [0.1, 0.15) is 5.75 Å². The predicted octanol–water partition coefficient (Wildman–Crippen LogP) is 4.08. The van der Waals surface area contributed by atoms with Crippen LogP contribution in [0.3, 0.4) is 0 Å². The number of phenolic OH excluding ortho intramolecular Hbond substituents is 1. The molecule has 2 aromatic rings. The van der Waals surface area contributed by atoms with Crippen LogP contribution in [0.4, 0.5) is 5.69 Å². The van der Waals surface area contributed by atoms with Crippen LogP contribution in [0.15, 0.2) is 47.4 Å². The van der Waals surface area contributed by atoms with Gasteiger partial charge in [-0.1, -0.05) is 17.7 Å². The van der Waals surface area contributed by atoms with E-state index in [1.54, 1.807) is 30.3 Å². The first kappa shape index (κ1) is 14.8. The Kier molecular flexibility index (Phi) is 4.93. The van der Waals surface area contributed by atoms with E-state index in [0.717, 1.165) is 10.5 Å². The van der Waals surface area contributed by atoms with Crippen molar-refractivity contribution in [3.63, 3.8) is 0 Å². The lowest BCUT2D eigenvalue weighted by molar-refractivity contribution is -0.113.